The first kappa shape index (κ1) is 16.4. The maximum absolute atomic E-state index is 11.9. The first-order valence-corrected chi connectivity index (χ1v) is 7.80. The van der Waals surface area contributed by atoms with E-state index in [-0.39, 0.29) is 23.8 Å². The van der Waals surface area contributed by atoms with Gasteiger partial charge in [-0.1, -0.05) is 0 Å². The van der Waals surface area contributed by atoms with Crippen LogP contribution in [-0.4, -0.2) is 32.9 Å². The Kier molecular flexibility index (Phi) is 5.78. The van der Waals surface area contributed by atoms with Gasteiger partial charge >= 0.3 is 6.18 Å². The number of rotatable bonds is 7. The molecule has 0 spiro atoms. The smallest absolute Gasteiger partial charge is 0.389 e. The van der Waals surface area contributed by atoms with Gasteiger partial charge in [0, 0.05) is 30.9 Å². The average Bonchev–Trinajstić information content (AvgIpc) is 2.73. The summed E-state index contributed by atoms with van der Waals surface area (Å²) in [7, 11) is -3.76. The standard InChI is InChI=1S/C10H14F3NO3S2/c11-10(12,13)5-1-6-14-19(16,17)9-3-2-8(18-9)4-7-15/h2-3,14-15H,1,4-7H2. The Balaban J connectivity index is 2.51. The van der Waals surface area contributed by atoms with E-state index in [1.807, 2.05) is 0 Å². The zero-order valence-electron chi connectivity index (χ0n) is 9.90. The highest BCUT2D eigenvalue weighted by Gasteiger charge is 2.26. The summed E-state index contributed by atoms with van der Waals surface area (Å²) in [6, 6.07) is 2.95. The van der Waals surface area contributed by atoms with Crippen molar-refractivity contribution in [3.05, 3.63) is 17.0 Å². The van der Waals surface area contributed by atoms with Crippen molar-refractivity contribution >= 4 is 21.4 Å². The fourth-order valence-electron chi connectivity index (χ4n) is 1.31. The van der Waals surface area contributed by atoms with E-state index in [1.165, 1.54) is 6.07 Å². The lowest BCUT2D eigenvalue weighted by molar-refractivity contribution is -0.135. The quantitative estimate of drug-likeness (QED) is 0.755. The number of hydrogen-bond acceptors (Lipinski definition) is 4. The topological polar surface area (TPSA) is 66.4 Å². The minimum atomic E-state index is -4.28. The highest BCUT2D eigenvalue weighted by molar-refractivity contribution is 7.91. The van der Waals surface area contributed by atoms with E-state index in [4.69, 9.17) is 5.11 Å². The summed E-state index contributed by atoms with van der Waals surface area (Å²) in [6.07, 6.45) is -5.23. The maximum atomic E-state index is 11.9. The number of sulfonamides is 1. The van der Waals surface area contributed by atoms with Crippen molar-refractivity contribution in [1.29, 1.82) is 0 Å². The third-order valence-corrected chi connectivity index (χ3v) is 5.29. The maximum Gasteiger partial charge on any atom is 0.389 e. The number of thiophene rings is 1. The zero-order chi connectivity index (χ0) is 14.5. The number of nitrogens with one attached hydrogen (secondary N) is 1. The third-order valence-electron chi connectivity index (χ3n) is 2.19. The molecule has 0 aliphatic rings. The molecule has 1 rings (SSSR count). The molecule has 1 heterocycles. The summed E-state index contributed by atoms with van der Waals surface area (Å²) in [5.74, 6) is 0. The van der Waals surface area contributed by atoms with Crippen LogP contribution in [0.1, 0.15) is 17.7 Å². The third kappa shape index (κ3) is 5.89. The Bertz CT molecular complexity index is 496. The molecule has 0 aromatic carbocycles. The van der Waals surface area contributed by atoms with Gasteiger partial charge in [0.05, 0.1) is 0 Å². The average molecular weight is 317 g/mol. The van der Waals surface area contributed by atoms with Crippen LogP contribution in [0.25, 0.3) is 0 Å². The van der Waals surface area contributed by atoms with E-state index >= 15 is 0 Å². The van der Waals surface area contributed by atoms with E-state index in [2.05, 4.69) is 4.72 Å². The van der Waals surface area contributed by atoms with Gasteiger partial charge in [0.2, 0.25) is 10.0 Å². The minimum absolute atomic E-state index is 0.0444. The van der Waals surface area contributed by atoms with E-state index in [0.717, 1.165) is 11.3 Å². The highest BCUT2D eigenvalue weighted by atomic mass is 32.2. The highest BCUT2D eigenvalue weighted by Crippen LogP contribution is 2.23. The summed E-state index contributed by atoms with van der Waals surface area (Å²) >= 11 is 0.995. The van der Waals surface area contributed by atoms with E-state index < -0.39 is 22.6 Å². The predicted octanol–water partition coefficient (Wildman–Crippen LogP) is 1.90. The molecule has 0 bridgehead atoms. The molecule has 0 aliphatic heterocycles. The van der Waals surface area contributed by atoms with Crippen molar-refractivity contribution in [2.45, 2.75) is 29.6 Å². The van der Waals surface area contributed by atoms with Crippen LogP contribution >= 0.6 is 11.3 Å². The Morgan fingerprint density at radius 3 is 2.58 bits per heavy atom. The van der Waals surface area contributed by atoms with Crippen LogP contribution in [0.4, 0.5) is 13.2 Å². The molecule has 1 aromatic heterocycles. The van der Waals surface area contributed by atoms with Crippen LogP contribution < -0.4 is 4.72 Å². The molecule has 0 unspecified atom stereocenters. The molecule has 0 fully saturated rings. The molecule has 0 amide bonds. The lowest BCUT2D eigenvalue weighted by Crippen LogP contribution is -2.25. The second-order valence-corrected chi connectivity index (χ2v) is 6.97. The van der Waals surface area contributed by atoms with Crippen molar-refractivity contribution in [1.82, 2.24) is 4.72 Å². The fourth-order valence-corrected chi connectivity index (χ4v) is 3.78. The molecule has 2 N–H and O–H groups in total. The van der Waals surface area contributed by atoms with Gasteiger partial charge in [0.1, 0.15) is 4.21 Å². The fraction of sp³-hybridized carbons (Fsp3) is 0.600. The van der Waals surface area contributed by atoms with Gasteiger partial charge < -0.3 is 5.11 Å². The summed E-state index contributed by atoms with van der Waals surface area (Å²) in [5, 5.41) is 8.72. The second kappa shape index (κ2) is 6.69. The molecule has 4 nitrogen and oxygen atoms in total. The van der Waals surface area contributed by atoms with Gasteiger partial charge in [0.15, 0.2) is 0 Å². The molecule has 0 saturated carbocycles. The summed E-state index contributed by atoms with van der Waals surface area (Å²) < 4.78 is 61.3. The first-order chi connectivity index (χ1) is 8.74. The van der Waals surface area contributed by atoms with Gasteiger partial charge in [0.25, 0.3) is 0 Å². The van der Waals surface area contributed by atoms with Gasteiger partial charge in [-0.05, 0) is 18.6 Å². The van der Waals surface area contributed by atoms with Crippen LogP contribution in [0.5, 0.6) is 0 Å². The molecular weight excluding hydrogens is 303 g/mol. The molecule has 0 aliphatic carbocycles. The lowest BCUT2D eigenvalue weighted by atomic mass is 10.3. The SMILES string of the molecule is O=S(=O)(NCCCC(F)(F)F)c1ccc(CCO)s1. The van der Waals surface area contributed by atoms with Gasteiger partial charge in [-0.15, -0.1) is 11.3 Å². The largest absolute Gasteiger partial charge is 0.396 e. The summed E-state index contributed by atoms with van der Waals surface area (Å²) in [6.45, 7) is -0.339. The number of hydrogen-bond donors (Lipinski definition) is 2. The van der Waals surface area contributed by atoms with Crippen molar-refractivity contribution in [3.8, 4) is 0 Å². The van der Waals surface area contributed by atoms with Crippen molar-refractivity contribution in [2.75, 3.05) is 13.2 Å². The molecular formula is C10H14F3NO3S2. The first-order valence-electron chi connectivity index (χ1n) is 5.50. The molecule has 1 aromatic rings. The van der Waals surface area contributed by atoms with Gasteiger partial charge in [-0.2, -0.15) is 13.2 Å². The second-order valence-electron chi connectivity index (χ2n) is 3.81. The monoisotopic (exact) mass is 317 g/mol. The Morgan fingerprint density at radius 2 is 2.00 bits per heavy atom. The molecule has 0 saturated heterocycles. The molecule has 9 heteroatoms. The van der Waals surface area contributed by atoms with Gasteiger partial charge in [-0.3, -0.25) is 0 Å². The zero-order valence-corrected chi connectivity index (χ0v) is 11.5. The van der Waals surface area contributed by atoms with Crippen molar-refractivity contribution < 1.29 is 26.7 Å². The van der Waals surface area contributed by atoms with Crippen LogP contribution in [0.3, 0.4) is 0 Å². The number of aliphatic hydroxyl groups is 1. The number of aliphatic hydroxyl groups excluding tert-OH is 1. The Labute approximate surface area is 113 Å². The van der Waals surface area contributed by atoms with Crippen molar-refractivity contribution in [2.24, 2.45) is 0 Å². The summed E-state index contributed by atoms with van der Waals surface area (Å²) in [4.78, 5) is 0.707. The van der Waals surface area contributed by atoms with Crippen LogP contribution in [0, 0.1) is 0 Å². The van der Waals surface area contributed by atoms with Crippen LogP contribution in [0.2, 0.25) is 0 Å². The molecule has 19 heavy (non-hydrogen) atoms. The Hall–Kier alpha value is -0.640. The van der Waals surface area contributed by atoms with Gasteiger partial charge in [-0.25, -0.2) is 13.1 Å². The van der Waals surface area contributed by atoms with Crippen LogP contribution in [0.15, 0.2) is 16.3 Å². The Morgan fingerprint density at radius 1 is 1.32 bits per heavy atom. The van der Waals surface area contributed by atoms with E-state index in [1.54, 1.807) is 6.07 Å². The number of alkyl halides is 3. The van der Waals surface area contributed by atoms with Crippen molar-refractivity contribution in [3.63, 3.8) is 0 Å². The van der Waals surface area contributed by atoms with Crippen LogP contribution in [-0.2, 0) is 16.4 Å². The van der Waals surface area contributed by atoms with E-state index in [9.17, 15) is 21.6 Å². The summed E-state index contributed by atoms with van der Waals surface area (Å²) in [5.41, 5.74) is 0. The molecule has 0 radical (unpaired) electrons. The normalized spacial score (nSPS) is 12.8. The lowest BCUT2D eigenvalue weighted by Gasteiger charge is -2.07. The minimum Gasteiger partial charge on any atom is -0.396 e. The molecule has 0 atom stereocenters. The van der Waals surface area contributed by atoms with E-state index in [0.29, 0.717) is 11.3 Å². The molecule has 110 valence electrons. The number of halogens is 3. The predicted molar refractivity (Wildman–Crippen MR) is 65.6 cm³/mol.